The van der Waals surface area contributed by atoms with Gasteiger partial charge in [0.15, 0.2) is 11.5 Å². The minimum atomic E-state index is -4.48. The number of nitrogens with zero attached hydrogens (tertiary/aromatic N) is 1. The summed E-state index contributed by atoms with van der Waals surface area (Å²) in [7, 11) is 1.39. The van der Waals surface area contributed by atoms with Gasteiger partial charge in [-0.2, -0.15) is 13.2 Å². The van der Waals surface area contributed by atoms with Gasteiger partial charge in [0.05, 0.1) is 23.3 Å². The fraction of sp³-hybridized carbons (Fsp3) is 0.367. The average molecular weight is 640 g/mol. The van der Waals surface area contributed by atoms with Crippen LogP contribution < -0.4 is 25.4 Å². The molecule has 0 spiro atoms. The molecule has 2 amide bonds. The summed E-state index contributed by atoms with van der Waals surface area (Å²) >= 11 is 0.901. The van der Waals surface area contributed by atoms with Crippen LogP contribution in [-0.4, -0.2) is 49.4 Å². The van der Waals surface area contributed by atoms with Crippen LogP contribution in [0.4, 0.5) is 23.7 Å². The summed E-state index contributed by atoms with van der Waals surface area (Å²) in [6, 6.07) is 8.94. The Morgan fingerprint density at radius 3 is 2.18 bits per heavy atom. The smallest absolute Gasteiger partial charge is 0.416 e. The summed E-state index contributed by atoms with van der Waals surface area (Å²) in [6.07, 6.45) is -2.80. The molecule has 14 heteroatoms. The first-order chi connectivity index (χ1) is 20.3. The normalized spacial score (nSPS) is 11.9. The minimum Gasteiger partial charge on any atom is -0.493 e. The summed E-state index contributed by atoms with van der Waals surface area (Å²) in [6.45, 7) is 11.6. The van der Waals surface area contributed by atoms with Crippen molar-refractivity contribution in [1.82, 2.24) is 5.32 Å². The highest BCUT2D eigenvalue weighted by molar-refractivity contribution is 8.04. The first-order valence-corrected chi connectivity index (χ1v) is 13.9. The third-order valence-corrected chi connectivity index (χ3v) is 6.21. The molecule has 0 bridgehead atoms. The Morgan fingerprint density at radius 1 is 1.00 bits per heavy atom. The molecular weight excluding hydrogens is 603 g/mol. The van der Waals surface area contributed by atoms with Crippen molar-refractivity contribution in [3.63, 3.8) is 0 Å². The Bertz CT molecular complexity index is 1370. The van der Waals surface area contributed by atoms with Crippen LogP contribution in [-0.2, 0) is 25.2 Å². The number of carbonyl (C=O) groups excluding carboxylic acids is 3. The molecule has 2 aromatic carbocycles. The number of methoxy groups -OCH3 is 1. The van der Waals surface area contributed by atoms with Gasteiger partial charge in [0.1, 0.15) is 24.4 Å². The Labute approximate surface area is 258 Å². The number of anilines is 1. The summed E-state index contributed by atoms with van der Waals surface area (Å²) < 4.78 is 60.4. The number of hydrogen-bond acceptors (Lipinski definition) is 9. The number of carbonyl (C=O) groups is 3. The number of hydrogen-bond donors (Lipinski definition) is 2. The van der Waals surface area contributed by atoms with Gasteiger partial charge in [-0.05, 0) is 71.0 Å². The van der Waals surface area contributed by atoms with Crippen molar-refractivity contribution in [1.29, 1.82) is 0 Å². The van der Waals surface area contributed by atoms with Gasteiger partial charge in [-0.25, -0.2) is 4.79 Å². The van der Waals surface area contributed by atoms with Gasteiger partial charge in [0.2, 0.25) is 0 Å². The number of rotatable bonds is 12. The SMILES string of the molecule is C=C(Sc1ccc(C(F)(F)F)cc1)C(=O)N(/C=C\N)c1ccc(OCC(C)(C)OC(=O)CNC(=O)OC(C)(C)C)c(OC)c1. The zero-order chi connectivity index (χ0) is 33.3. The van der Waals surface area contributed by atoms with Gasteiger partial charge >= 0.3 is 18.2 Å². The van der Waals surface area contributed by atoms with Gasteiger partial charge in [0, 0.05) is 23.4 Å². The molecule has 0 radical (unpaired) electrons. The van der Waals surface area contributed by atoms with Crippen molar-refractivity contribution in [2.75, 3.05) is 25.2 Å². The van der Waals surface area contributed by atoms with Crippen LogP contribution >= 0.6 is 11.8 Å². The Hall–Kier alpha value is -4.33. The maximum Gasteiger partial charge on any atom is 0.416 e. The first-order valence-electron chi connectivity index (χ1n) is 13.1. The number of amides is 2. The molecule has 0 fully saturated rings. The molecule has 0 saturated heterocycles. The minimum absolute atomic E-state index is 0.0203. The summed E-state index contributed by atoms with van der Waals surface area (Å²) in [4.78, 5) is 38.9. The molecule has 0 aliphatic rings. The van der Waals surface area contributed by atoms with E-state index in [4.69, 9.17) is 24.7 Å². The fourth-order valence-corrected chi connectivity index (χ4v) is 4.14. The molecule has 3 N–H and O–H groups in total. The Balaban J connectivity index is 2.08. The van der Waals surface area contributed by atoms with Crippen LogP contribution in [0.15, 0.2) is 71.2 Å². The van der Waals surface area contributed by atoms with E-state index in [0.29, 0.717) is 10.6 Å². The standard InChI is InChI=1S/C30H36F3N3O7S/c1-19(44-22-11-8-20(9-12-22)30(31,32)33)26(38)36(15-14-34)21-10-13-23(24(16-21)40-7)41-18-29(5,6)42-25(37)17-35-27(39)43-28(2,3)4/h8-16H,1,17-18,34H2,2-7H3,(H,35,39)/b15-14-. The van der Waals surface area contributed by atoms with E-state index >= 15 is 0 Å². The second-order valence-corrected chi connectivity index (χ2v) is 11.9. The lowest BCUT2D eigenvalue weighted by Gasteiger charge is -2.26. The van der Waals surface area contributed by atoms with E-state index in [-0.39, 0.29) is 23.0 Å². The van der Waals surface area contributed by atoms with E-state index in [1.807, 2.05) is 0 Å². The monoisotopic (exact) mass is 639 g/mol. The third kappa shape index (κ3) is 11.4. The molecule has 10 nitrogen and oxygen atoms in total. The first kappa shape index (κ1) is 35.9. The van der Waals surface area contributed by atoms with Crippen molar-refractivity contribution in [3.05, 3.63) is 71.9 Å². The fourth-order valence-electron chi connectivity index (χ4n) is 3.40. The molecule has 0 aliphatic carbocycles. The van der Waals surface area contributed by atoms with E-state index in [1.165, 1.54) is 42.5 Å². The molecule has 0 aromatic heterocycles. The number of esters is 1. The number of thioether (sulfide) groups is 1. The Kier molecular flexibility index (Phi) is 12.2. The number of ether oxygens (including phenoxy) is 4. The summed E-state index contributed by atoms with van der Waals surface area (Å²) in [5, 5.41) is 2.33. The number of alkyl halides is 3. The number of nitrogens with one attached hydrogen (secondary N) is 1. The largest absolute Gasteiger partial charge is 0.493 e. The van der Waals surface area contributed by atoms with Crippen LogP contribution in [0.1, 0.15) is 40.2 Å². The number of nitrogens with two attached hydrogens (primary N) is 1. The molecule has 0 heterocycles. The highest BCUT2D eigenvalue weighted by atomic mass is 32.2. The van der Waals surface area contributed by atoms with E-state index in [0.717, 1.165) is 30.1 Å². The second kappa shape index (κ2) is 14.9. The van der Waals surface area contributed by atoms with E-state index in [1.54, 1.807) is 40.7 Å². The number of alkyl carbamates (subject to hydrolysis) is 1. The Morgan fingerprint density at radius 2 is 1.64 bits per heavy atom. The summed E-state index contributed by atoms with van der Waals surface area (Å²) in [5.74, 6) is -0.779. The maximum absolute atomic E-state index is 13.2. The van der Waals surface area contributed by atoms with Gasteiger partial charge in [-0.15, -0.1) is 0 Å². The lowest BCUT2D eigenvalue weighted by atomic mass is 10.1. The highest BCUT2D eigenvalue weighted by Crippen LogP contribution is 2.36. The van der Waals surface area contributed by atoms with Crippen molar-refractivity contribution >= 4 is 35.4 Å². The third-order valence-electron chi connectivity index (χ3n) is 5.28. The van der Waals surface area contributed by atoms with Crippen LogP contribution in [0.5, 0.6) is 11.5 Å². The molecule has 0 aliphatic heterocycles. The highest BCUT2D eigenvalue weighted by Gasteiger charge is 2.30. The average Bonchev–Trinajstić information content (AvgIpc) is 2.92. The molecular formula is C30H36F3N3O7S. The lowest BCUT2D eigenvalue weighted by molar-refractivity contribution is -0.158. The van der Waals surface area contributed by atoms with Gasteiger partial charge in [-0.3, -0.25) is 14.5 Å². The molecule has 2 aromatic rings. The van der Waals surface area contributed by atoms with E-state index in [9.17, 15) is 27.6 Å². The molecule has 240 valence electrons. The predicted molar refractivity (Wildman–Crippen MR) is 160 cm³/mol. The number of benzene rings is 2. The van der Waals surface area contributed by atoms with E-state index in [2.05, 4.69) is 11.9 Å². The van der Waals surface area contributed by atoms with Crippen molar-refractivity contribution in [2.45, 2.75) is 56.9 Å². The van der Waals surface area contributed by atoms with Gasteiger partial charge in [-0.1, -0.05) is 18.3 Å². The molecule has 0 atom stereocenters. The summed E-state index contributed by atoms with van der Waals surface area (Å²) in [5.41, 5.74) is 3.27. The van der Waals surface area contributed by atoms with Crippen LogP contribution in [0.2, 0.25) is 0 Å². The second-order valence-electron chi connectivity index (χ2n) is 10.8. The maximum atomic E-state index is 13.2. The zero-order valence-electron chi connectivity index (χ0n) is 25.2. The van der Waals surface area contributed by atoms with Crippen molar-refractivity contribution in [3.8, 4) is 11.5 Å². The number of halogens is 3. The van der Waals surface area contributed by atoms with Gasteiger partial charge < -0.3 is 30.0 Å². The lowest BCUT2D eigenvalue weighted by Crippen LogP contribution is -2.40. The molecule has 2 rings (SSSR count). The molecule has 0 unspecified atom stereocenters. The quantitative estimate of drug-likeness (QED) is 0.163. The molecule has 0 saturated carbocycles. The van der Waals surface area contributed by atoms with E-state index < -0.39 is 47.5 Å². The van der Waals surface area contributed by atoms with Crippen LogP contribution in [0.25, 0.3) is 0 Å². The van der Waals surface area contributed by atoms with Crippen LogP contribution in [0.3, 0.4) is 0 Å². The van der Waals surface area contributed by atoms with Crippen molar-refractivity contribution < 1.29 is 46.5 Å². The van der Waals surface area contributed by atoms with Crippen LogP contribution in [0, 0.1) is 0 Å². The predicted octanol–water partition coefficient (Wildman–Crippen LogP) is 6.01. The topological polar surface area (TPSA) is 129 Å². The zero-order valence-corrected chi connectivity index (χ0v) is 26.1. The molecule has 44 heavy (non-hydrogen) atoms. The van der Waals surface area contributed by atoms with Gasteiger partial charge in [0.25, 0.3) is 5.91 Å². The van der Waals surface area contributed by atoms with Crippen molar-refractivity contribution in [2.24, 2.45) is 5.73 Å².